The highest BCUT2D eigenvalue weighted by Gasteiger charge is 2.30. The fourth-order valence-electron chi connectivity index (χ4n) is 22.8. The van der Waals surface area contributed by atoms with Crippen molar-refractivity contribution in [2.75, 3.05) is 0 Å². The molecule has 13 heterocycles. The van der Waals surface area contributed by atoms with E-state index in [9.17, 15) is 0 Å². The summed E-state index contributed by atoms with van der Waals surface area (Å²) >= 11 is 0. The van der Waals surface area contributed by atoms with Crippen LogP contribution in [0.1, 0.15) is 0 Å². The lowest BCUT2D eigenvalue weighted by Crippen LogP contribution is -1.95. The van der Waals surface area contributed by atoms with Crippen LogP contribution in [-0.4, -0.2) is 48.6 Å². The highest BCUT2D eigenvalue weighted by atomic mass is 16.4. The monoisotopic (exact) mass is 1890 g/mol. The van der Waals surface area contributed by atoms with Gasteiger partial charge in [0.15, 0.2) is 16.7 Å². The first-order chi connectivity index (χ1) is 73.4. The van der Waals surface area contributed by atoms with Crippen LogP contribution in [0.25, 0.3) is 303 Å². The van der Waals surface area contributed by atoms with Crippen molar-refractivity contribution >= 4 is 208 Å². The van der Waals surface area contributed by atoms with Crippen LogP contribution in [0, 0.1) is 0 Å². The van der Waals surface area contributed by atoms with E-state index in [1.807, 2.05) is 85.1 Å². The molecule has 0 aliphatic rings. The van der Waals surface area contributed by atoms with E-state index in [-0.39, 0.29) is 0 Å². The van der Waals surface area contributed by atoms with E-state index in [0.29, 0.717) is 0 Å². The van der Waals surface area contributed by atoms with E-state index in [2.05, 4.69) is 419 Å². The lowest BCUT2D eigenvalue weighted by Gasteiger charge is -2.12. The third-order valence-corrected chi connectivity index (χ3v) is 29.6. The fourth-order valence-corrected chi connectivity index (χ4v) is 22.8. The predicted octanol–water partition coefficient (Wildman–Crippen LogP) is 35.6. The number of fused-ring (bicyclic) bond motifs is 33. The fraction of sp³-hybridized carbons (Fsp3) is 0. The van der Waals surface area contributed by atoms with Gasteiger partial charge >= 0.3 is 0 Å². The molecule has 0 aliphatic heterocycles. The summed E-state index contributed by atoms with van der Waals surface area (Å²) in [6.45, 7) is 0. The Morgan fingerprint density at radius 1 is 0.169 bits per heavy atom. The van der Waals surface area contributed by atoms with Crippen molar-refractivity contribution < 1.29 is 13.3 Å². The van der Waals surface area contributed by atoms with Gasteiger partial charge in [-0.2, -0.15) is 0 Å². The zero-order valence-corrected chi connectivity index (χ0v) is 79.4. The van der Waals surface area contributed by atoms with Gasteiger partial charge < -0.3 is 13.3 Å². The average Bonchev–Trinajstić information content (AvgIpc) is 1.60. The van der Waals surface area contributed by atoms with E-state index in [4.69, 9.17) is 43.2 Å². The molecule has 0 aliphatic carbocycles. The quantitative estimate of drug-likeness (QED) is 0.121. The number of benzene rings is 19. The maximum atomic E-state index is 6.99. The molecule has 19 aromatic carbocycles. The first-order valence-corrected chi connectivity index (χ1v) is 49.9. The number of nitrogens with zero attached hydrogens (tertiary/aromatic N) is 10. The zero-order chi connectivity index (χ0) is 97.1. The molecule has 0 radical (unpaired) electrons. The van der Waals surface area contributed by atoms with Gasteiger partial charge in [0.2, 0.25) is 17.1 Å². The second-order valence-electron chi connectivity index (χ2n) is 37.9. The Morgan fingerprint density at radius 3 is 0.892 bits per heavy atom. The van der Waals surface area contributed by atoms with Crippen molar-refractivity contribution in [2.45, 2.75) is 0 Å². The minimum absolute atomic E-state index is 0.788. The lowest BCUT2D eigenvalue weighted by atomic mass is 9.92. The van der Waals surface area contributed by atoms with E-state index in [1.54, 1.807) is 0 Å². The Morgan fingerprint density at radius 2 is 0.473 bits per heavy atom. The molecule has 688 valence electrons. The molecule has 0 fully saturated rings. The maximum Gasteiger partial charge on any atom is 0.213 e. The van der Waals surface area contributed by atoms with Crippen molar-refractivity contribution in [3.8, 4) is 95.7 Å². The third-order valence-electron chi connectivity index (χ3n) is 29.6. The molecule has 32 aromatic rings. The van der Waals surface area contributed by atoms with Gasteiger partial charge in [-0.3, -0.25) is 18.7 Å². The van der Waals surface area contributed by atoms with Gasteiger partial charge in [0.05, 0.1) is 88.4 Å². The lowest BCUT2D eigenvalue weighted by molar-refractivity contribution is 0.645. The van der Waals surface area contributed by atoms with Crippen molar-refractivity contribution in [3.05, 3.63) is 485 Å². The minimum atomic E-state index is 0.788. The molecule has 0 saturated heterocycles. The number of hydrogen-bond acceptors (Lipinski definition) is 10. The smallest absolute Gasteiger partial charge is 0.213 e. The highest BCUT2D eigenvalue weighted by molar-refractivity contribution is 6.32. The first-order valence-electron chi connectivity index (χ1n) is 49.9. The predicted molar refractivity (Wildman–Crippen MR) is 609 cm³/mol. The molecule has 0 N–H and O–H groups in total. The van der Waals surface area contributed by atoms with Crippen LogP contribution in [-0.2, 0) is 0 Å². The zero-order valence-electron chi connectivity index (χ0n) is 79.4. The largest absolute Gasteiger partial charge is 0.437 e. The van der Waals surface area contributed by atoms with Gasteiger partial charge in [0.1, 0.15) is 17.1 Å². The van der Waals surface area contributed by atoms with Gasteiger partial charge in [0.25, 0.3) is 0 Å². The summed E-state index contributed by atoms with van der Waals surface area (Å²) in [5.74, 6) is 0. The molecule has 13 heteroatoms. The Bertz CT molecular complexity index is 11100. The van der Waals surface area contributed by atoms with Gasteiger partial charge in [-0.05, 0) is 147 Å². The molecule has 148 heavy (non-hydrogen) atoms. The summed E-state index contributed by atoms with van der Waals surface area (Å²) < 4.78 is 27.6. The van der Waals surface area contributed by atoms with E-state index in [0.717, 1.165) is 260 Å². The van der Waals surface area contributed by atoms with Crippen molar-refractivity contribution in [3.63, 3.8) is 0 Å². The normalized spacial score (nSPS) is 11.9. The van der Waals surface area contributed by atoms with Gasteiger partial charge in [-0.25, -0.2) is 29.9 Å². The maximum absolute atomic E-state index is 6.99. The van der Waals surface area contributed by atoms with Crippen LogP contribution in [0.5, 0.6) is 0 Å². The molecule has 0 amide bonds. The number of hydrogen-bond donors (Lipinski definition) is 0. The Labute approximate surface area is 844 Å². The summed E-state index contributed by atoms with van der Waals surface area (Å²) in [5.41, 5.74) is 31.5. The Kier molecular flexibility index (Phi) is 19.1. The topological polar surface area (TPSA) is 144 Å². The van der Waals surface area contributed by atoms with Crippen LogP contribution in [0.15, 0.2) is 499 Å². The second kappa shape index (κ2) is 33.8. The van der Waals surface area contributed by atoms with Gasteiger partial charge in [-0.15, -0.1) is 0 Å². The summed E-state index contributed by atoms with van der Waals surface area (Å²) in [6, 6.07) is 168. The standard InChI is InChI=1S/C47H28N4O.C47H28N2O.C41H24N4O/c1-3-12-29(13-4-1)37-26-24-31-22-23-32-25-27-38(49-44(32)43(31)48-37)33-16-11-17-34(28-33)51-40-21-10-8-19-36(40)42-41-35-18-7-9-20-39(35)50-45(46(41)52-47(42)51)30-14-5-2-6-15-30;1-2-12-30(13-3-1)45-46-43(38-18-8-10-20-41(38)48-45)44-39-19-9-11-21-42(39)49(47(44)50-46)32-25-22-29(23-26-32)31-24-27-37-35-16-5-4-14-33(35)34-15-6-7-17-36(34)40(37)28-31;1-2-9-26(10-3-1)39-40-35(30-12-4-6-14-33(30)44-39)36-31-13-5-7-15-34(31)45(41(36)46-40)29-21-18-25(19-22-29)32-23-20-28-17-16-27-11-8-24-42-37(27)38(28)43-32/h1-28H;1-28H;1-24H. The summed E-state index contributed by atoms with van der Waals surface area (Å²) in [5, 5.41) is 25.2. The number of para-hydroxylation sites is 6. The summed E-state index contributed by atoms with van der Waals surface area (Å²) in [4.78, 5) is 35.5. The Balaban J connectivity index is 0.000000103. The van der Waals surface area contributed by atoms with Crippen molar-refractivity contribution in [1.29, 1.82) is 0 Å². The molecule has 13 nitrogen and oxygen atoms in total. The summed E-state index contributed by atoms with van der Waals surface area (Å²) in [7, 11) is 0. The molecule has 0 atom stereocenters. The molecule has 0 saturated carbocycles. The van der Waals surface area contributed by atoms with E-state index >= 15 is 0 Å². The Hall–Kier alpha value is -20.2. The van der Waals surface area contributed by atoms with Gasteiger partial charge in [0, 0.05) is 127 Å². The first kappa shape index (κ1) is 83.6. The summed E-state index contributed by atoms with van der Waals surface area (Å²) in [6.07, 6.45) is 1.83. The van der Waals surface area contributed by atoms with Crippen LogP contribution in [0.4, 0.5) is 0 Å². The van der Waals surface area contributed by atoms with Crippen LogP contribution < -0.4 is 0 Å². The van der Waals surface area contributed by atoms with E-state index in [1.165, 1.54) is 43.4 Å². The van der Waals surface area contributed by atoms with Crippen LogP contribution >= 0.6 is 0 Å². The number of aromatic nitrogens is 10. The molecular weight excluding hydrogens is 1810 g/mol. The number of pyridine rings is 7. The van der Waals surface area contributed by atoms with Crippen LogP contribution in [0.2, 0.25) is 0 Å². The van der Waals surface area contributed by atoms with Gasteiger partial charge in [-0.1, -0.05) is 376 Å². The van der Waals surface area contributed by atoms with Crippen molar-refractivity contribution in [2.24, 2.45) is 0 Å². The molecule has 0 unspecified atom stereocenters. The number of furan rings is 3. The number of rotatable bonds is 10. The van der Waals surface area contributed by atoms with Crippen LogP contribution in [0.3, 0.4) is 0 Å². The SMILES string of the molecule is c1ccc(-c2ccc3ccc4ccc(-c5cccc(-n6c7ccccc7c7c8c(oc76)c(-c6ccccc6)nc6ccccc68)c5)nc4c3n2)cc1.c1ccc(-c2nc3ccccc3c3c2oc2c3c3ccccc3n2-c2ccc(-c3ccc4c5ccccc5c5ccccc5c4c3)cc2)cc1.c1ccc(-c2nc3ccccc3c3c2oc2c3c3ccccc3n2-c2ccc(-c3ccc4ccc5cccnc5c4n3)cc2)cc1. The molecule has 0 spiro atoms. The second-order valence-corrected chi connectivity index (χ2v) is 37.9. The molecule has 0 bridgehead atoms. The van der Waals surface area contributed by atoms with Crippen molar-refractivity contribution in [1.82, 2.24) is 48.6 Å². The molecular formula is C135H80N10O3. The molecule has 32 rings (SSSR count). The highest BCUT2D eigenvalue weighted by Crippen LogP contribution is 2.51. The molecule has 13 aromatic heterocycles. The average molecular weight is 1890 g/mol. The van der Waals surface area contributed by atoms with E-state index < -0.39 is 0 Å². The minimum Gasteiger partial charge on any atom is -0.437 e. The third kappa shape index (κ3) is 13.4.